The monoisotopic (exact) mass is 296 g/mol. The lowest BCUT2D eigenvalue weighted by Gasteiger charge is -2.17. The Morgan fingerprint density at radius 2 is 2.38 bits per heavy atom. The maximum atomic E-state index is 11.9. The third kappa shape index (κ3) is 4.45. The summed E-state index contributed by atoms with van der Waals surface area (Å²) in [7, 11) is 1.65. The fourth-order valence-electron chi connectivity index (χ4n) is 2.49. The normalized spacial score (nSPS) is 22.7. The second-order valence-corrected chi connectivity index (χ2v) is 5.16. The number of carbonyl (C=O) groups excluding carboxylic acids is 1. The van der Waals surface area contributed by atoms with Crippen LogP contribution in [0.3, 0.4) is 0 Å². The average Bonchev–Trinajstić information content (AvgIpc) is 3.09. The highest BCUT2D eigenvalue weighted by Gasteiger charge is 2.27. The van der Waals surface area contributed by atoms with E-state index in [2.05, 4.69) is 20.6 Å². The van der Waals surface area contributed by atoms with E-state index in [1.54, 1.807) is 7.11 Å². The van der Waals surface area contributed by atoms with Gasteiger partial charge in [-0.2, -0.15) is 0 Å². The maximum Gasteiger partial charge on any atom is 0.326 e. The van der Waals surface area contributed by atoms with Gasteiger partial charge >= 0.3 is 12.0 Å². The smallest absolute Gasteiger partial charge is 0.326 e. The van der Waals surface area contributed by atoms with Crippen molar-refractivity contribution in [3.8, 4) is 0 Å². The lowest BCUT2D eigenvalue weighted by molar-refractivity contribution is -0.139. The zero-order chi connectivity index (χ0) is 15.2. The van der Waals surface area contributed by atoms with Crippen LogP contribution in [0.15, 0.2) is 12.5 Å². The zero-order valence-electron chi connectivity index (χ0n) is 11.8. The Hall–Kier alpha value is -2.09. The standard InChI is InChI=1S/C13H20N4O4/c1-21-10-3-2-8(4-10)16-13(20)17-11(12(18)19)5-9-6-14-7-15-9/h6-8,10-11H,2-5H2,1H3,(H,14,15)(H,18,19)(H2,16,17,20)/t8?,10?,11-/m0/s1. The number of urea groups is 1. The molecule has 1 aromatic heterocycles. The average molecular weight is 296 g/mol. The van der Waals surface area contributed by atoms with E-state index in [0.29, 0.717) is 5.69 Å². The molecular weight excluding hydrogens is 276 g/mol. The van der Waals surface area contributed by atoms with E-state index in [-0.39, 0.29) is 18.6 Å². The third-order valence-electron chi connectivity index (χ3n) is 3.64. The van der Waals surface area contributed by atoms with Crippen LogP contribution in [0.4, 0.5) is 4.79 Å². The van der Waals surface area contributed by atoms with Crippen LogP contribution in [0.2, 0.25) is 0 Å². The second kappa shape index (κ2) is 7.07. The number of hydrogen-bond acceptors (Lipinski definition) is 4. The summed E-state index contributed by atoms with van der Waals surface area (Å²) in [5, 5.41) is 14.4. The summed E-state index contributed by atoms with van der Waals surface area (Å²) in [4.78, 5) is 29.7. The van der Waals surface area contributed by atoms with Gasteiger partial charge in [0.25, 0.3) is 0 Å². The Balaban J connectivity index is 1.82. The molecular formula is C13H20N4O4. The van der Waals surface area contributed by atoms with Crippen molar-refractivity contribution in [2.75, 3.05) is 7.11 Å². The molecule has 1 aromatic rings. The summed E-state index contributed by atoms with van der Waals surface area (Å²) in [6, 6.07) is -1.44. The van der Waals surface area contributed by atoms with Crippen LogP contribution >= 0.6 is 0 Å². The third-order valence-corrected chi connectivity index (χ3v) is 3.64. The first-order chi connectivity index (χ1) is 10.1. The van der Waals surface area contributed by atoms with Crippen molar-refractivity contribution in [2.45, 2.75) is 43.9 Å². The van der Waals surface area contributed by atoms with Gasteiger partial charge in [-0.3, -0.25) is 0 Å². The number of aromatic amines is 1. The SMILES string of the molecule is COC1CCC(NC(=O)N[C@@H](Cc2cnc[nH]2)C(=O)O)C1. The zero-order valence-corrected chi connectivity index (χ0v) is 11.8. The number of H-pyrrole nitrogens is 1. The second-order valence-electron chi connectivity index (χ2n) is 5.16. The molecule has 1 aliphatic carbocycles. The van der Waals surface area contributed by atoms with E-state index < -0.39 is 18.0 Å². The van der Waals surface area contributed by atoms with E-state index in [9.17, 15) is 9.59 Å². The fourth-order valence-corrected chi connectivity index (χ4v) is 2.49. The van der Waals surface area contributed by atoms with Crippen LogP contribution in [0.5, 0.6) is 0 Å². The molecule has 2 rings (SSSR count). The predicted octanol–water partition coefficient (Wildman–Crippen LogP) is 0.272. The molecule has 0 aromatic carbocycles. The van der Waals surface area contributed by atoms with E-state index in [1.165, 1.54) is 12.5 Å². The molecule has 1 fully saturated rings. The number of methoxy groups -OCH3 is 1. The van der Waals surface area contributed by atoms with Gasteiger partial charge in [0.1, 0.15) is 6.04 Å². The Morgan fingerprint density at radius 3 is 2.95 bits per heavy atom. The van der Waals surface area contributed by atoms with Gasteiger partial charge in [-0.25, -0.2) is 14.6 Å². The molecule has 0 bridgehead atoms. The number of nitrogens with zero attached hydrogens (tertiary/aromatic N) is 1. The van der Waals surface area contributed by atoms with Gasteiger partial charge < -0.3 is 25.5 Å². The molecule has 0 radical (unpaired) electrons. The van der Waals surface area contributed by atoms with E-state index in [0.717, 1.165) is 19.3 Å². The Labute approximate surface area is 122 Å². The summed E-state index contributed by atoms with van der Waals surface area (Å²) in [6.45, 7) is 0. The van der Waals surface area contributed by atoms with Crippen LogP contribution < -0.4 is 10.6 Å². The summed E-state index contributed by atoms with van der Waals surface area (Å²) < 4.78 is 5.24. The first-order valence-corrected chi connectivity index (χ1v) is 6.88. The minimum Gasteiger partial charge on any atom is -0.480 e. The molecule has 2 amide bonds. The topological polar surface area (TPSA) is 116 Å². The van der Waals surface area contributed by atoms with Crippen molar-refractivity contribution in [2.24, 2.45) is 0 Å². The van der Waals surface area contributed by atoms with Gasteiger partial charge in [0.2, 0.25) is 0 Å². The van der Waals surface area contributed by atoms with Crippen LogP contribution in [0.1, 0.15) is 25.0 Å². The van der Waals surface area contributed by atoms with Crippen molar-refractivity contribution in [1.82, 2.24) is 20.6 Å². The predicted molar refractivity (Wildman–Crippen MR) is 73.8 cm³/mol. The molecule has 0 aliphatic heterocycles. The Bertz CT molecular complexity index is 477. The number of rotatable bonds is 6. The van der Waals surface area contributed by atoms with E-state index >= 15 is 0 Å². The van der Waals surface area contributed by atoms with Crippen molar-refractivity contribution in [1.29, 1.82) is 0 Å². The van der Waals surface area contributed by atoms with Gasteiger partial charge in [-0.15, -0.1) is 0 Å². The quantitative estimate of drug-likeness (QED) is 0.601. The number of ether oxygens (including phenoxy) is 1. The number of aromatic nitrogens is 2. The molecule has 1 heterocycles. The summed E-state index contributed by atoms with van der Waals surface area (Å²) in [5.74, 6) is -1.08. The molecule has 3 atom stereocenters. The van der Waals surface area contributed by atoms with E-state index in [4.69, 9.17) is 9.84 Å². The number of carboxylic acids is 1. The van der Waals surface area contributed by atoms with Gasteiger partial charge in [-0.1, -0.05) is 0 Å². The van der Waals surface area contributed by atoms with Gasteiger partial charge in [0.05, 0.1) is 12.4 Å². The number of imidazole rings is 1. The van der Waals surface area contributed by atoms with Crippen molar-refractivity contribution >= 4 is 12.0 Å². The highest BCUT2D eigenvalue weighted by Crippen LogP contribution is 2.21. The molecule has 8 nitrogen and oxygen atoms in total. The molecule has 1 aliphatic rings. The summed E-state index contributed by atoms with van der Waals surface area (Å²) in [5.41, 5.74) is 0.656. The van der Waals surface area contributed by atoms with Crippen molar-refractivity contribution in [3.05, 3.63) is 18.2 Å². The van der Waals surface area contributed by atoms with Crippen molar-refractivity contribution in [3.63, 3.8) is 0 Å². The first-order valence-electron chi connectivity index (χ1n) is 6.88. The van der Waals surface area contributed by atoms with Crippen LogP contribution in [-0.4, -0.2) is 52.4 Å². The number of aliphatic carboxylic acids is 1. The lowest BCUT2D eigenvalue weighted by atomic mass is 10.1. The minimum atomic E-state index is -1.08. The van der Waals surface area contributed by atoms with Gasteiger partial charge in [-0.05, 0) is 19.3 Å². The molecule has 116 valence electrons. The Kier molecular flexibility index (Phi) is 5.15. The molecule has 4 N–H and O–H groups in total. The van der Waals surface area contributed by atoms with Gasteiger partial charge in [0.15, 0.2) is 0 Å². The van der Waals surface area contributed by atoms with Crippen LogP contribution in [-0.2, 0) is 16.0 Å². The number of carboxylic acid groups (broad SMARTS) is 1. The summed E-state index contributed by atoms with van der Waals surface area (Å²) in [6.07, 6.45) is 5.82. The lowest BCUT2D eigenvalue weighted by Crippen LogP contribution is -2.49. The maximum absolute atomic E-state index is 11.9. The van der Waals surface area contributed by atoms with Gasteiger partial charge in [0, 0.05) is 31.5 Å². The molecule has 1 saturated carbocycles. The van der Waals surface area contributed by atoms with Crippen LogP contribution in [0.25, 0.3) is 0 Å². The molecule has 0 spiro atoms. The van der Waals surface area contributed by atoms with Crippen molar-refractivity contribution < 1.29 is 19.4 Å². The minimum absolute atomic E-state index is 0.0246. The first kappa shape index (κ1) is 15.3. The number of hydrogen-bond donors (Lipinski definition) is 4. The number of nitrogens with one attached hydrogen (secondary N) is 3. The number of carbonyl (C=O) groups is 2. The number of amides is 2. The summed E-state index contributed by atoms with van der Waals surface area (Å²) >= 11 is 0. The molecule has 0 saturated heterocycles. The molecule has 8 heteroatoms. The largest absolute Gasteiger partial charge is 0.480 e. The van der Waals surface area contributed by atoms with Crippen LogP contribution in [0, 0.1) is 0 Å². The highest BCUT2D eigenvalue weighted by molar-refractivity contribution is 5.82. The van der Waals surface area contributed by atoms with E-state index in [1.807, 2.05) is 0 Å². The highest BCUT2D eigenvalue weighted by atomic mass is 16.5. The fraction of sp³-hybridized carbons (Fsp3) is 0.615. The molecule has 2 unspecified atom stereocenters. The Morgan fingerprint density at radius 1 is 1.57 bits per heavy atom. The molecule has 21 heavy (non-hydrogen) atoms.